The van der Waals surface area contributed by atoms with Crippen LogP contribution in [0.2, 0.25) is 5.02 Å². The number of hydrogen-bond donors (Lipinski definition) is 1. The van der Waals surface area contributed by atoms with E-state index in [2.05, 4.69) is 16.9 Å². The standard InChI is InChI=1S/C20H18ClN3O2S/c1-3-11-24-19(26)16-10-9-14(21)12-17(16)23-20(24)27-13(2)18(25)22-15-7-5-4-6-8-15/h3-10,12-13H,1,11H2,2H3,(H,22,25)/t13-/m1/s1. The smallest absolute Gasteiger partial charge is 0.262 e. The van der Waals surface area contributed by atoms with Crippen molar-refractivity contribution in [1.82, 2.24) is 9.55 Å². The van der Waals surface area contributed by atoms with Gasteiger partial charge in [-0.2, -0.15) is 0 Å². The first-order valence-electron chi connectivity index (χ1n) is 8.33. The molecule has 0 radical (unpaired) electrons. The zero-order valence-corrected chi connectivity index (χ0v) is 16.3. The predicted molar refractivity (Wildman–Crippen MR) is 112 cm³/mol. The summed E-state index contributed by atoms with van der Waals surface area (Å²) in [7, 11) is 0. The van der Waals surface area contributed by atoms with Crippen LogP contribution in [0, 0.1) is 0 Å². The summed E-state index contributed by atoms with van der Waals surface area (Å²) in [6, 6.07) is 14.2. The van der Waals surface area contributed by atoms with Crippen molar-refractivity contribution in [2.24, 2.45) is 0 Å². The Kier molecular flexibility index (Phi) is 5.98. The summed E-state index contributed by atoms with van der Waals surface area (Å²) in [6.45, 7) is 5.78. The van der Waals surface area contributed by atoms with Crippen molar-refractivity contribution in [1.29, 1.82) is 0 Å². The van der Waals surface area contributed by atoms with Gasteiger partial charge in [0, 0.05) is 17.3 Å². The molecule has 0 unspecified atom stereocenters. The first kappa shape index (κ1) is 19.2. The molecule has 5 nitrogen and oxygen atoms in total. The van der Waals surface area contributed by atoms with Gasteiger partial charge in [0.25, 0.3) is 5.56 Å². The number of nitrogens with one attached hydrogen (secondary N) is 1. The number of carbonyl (C=O) groups excluding carboxylic acids is 1. The number of aromatic nitrogens is 2. The van der Waals surface area contributed by atoms with Crippen LogP contribution in [0.5, 0.6) is 0 Å². The lowest BCUT2D eigenvalue weighted by atomic mass is 10.2. The Labute approximate surface area is 166 Å². The summed E-state index contributed by atoms with van der Waals surface area (Å²) in [5, 5.41) is 3.83. The van der Waals surface area contributed by atoms with Gasteiger partial charge >= 0.3 is 0 Å². The number of para-hydroxylation sites is 1. The lowest BCUT2D eigenvalue weighted by molar-refractivity contribution is -0.115. The molecule has 7 heteroatoms. The zero-order chi connectivity index (χ0) is 19.4. The monoisotopic (exact) mass is 399 g/mol. The fourth-order valence-electron chi connectivity index (χ4n) is 2.53. The highest BCUT2D eigenvalue weighted by atomic mass is 35.5. The molecule has 1 N–H and O–H groups in total. The van der Waals surface area contributed by atoms with Crippen molar-refractivity contribution < 1.29 is 4.79 Å². The van der Waals surface area contributed by atoms with Gasteiger partial charge in [-0.3, -0.25) is 14.2 Å². The van der Waals surface area contributed by atoms with Gasteiger partial charge < -0.3 is 5.32 Å². The first-order chi connectivity index (χ1) is 13.0. The molecule has 1 aromatic heterocycles. The zero-order valence-electron chi connectivity index (χ0n) is 14.7. The minimum atomic E-state index is -0.454. The van der Waals surface area contributed by atoms with Gasteiger partial charge in [0.15, 0.2) is 5.16 Å². The van der Waals surface area contributed by atoms with Crippen LogP contribution >= 0.6 is 23.4 Å². The second-order valence-electron chi connectivity index (χ2n) is 5.88. The van der Waals surface area contributed by atoms with E-state index in [1.54, 1.807) is 31.2 Å². The summed E-state index contributed by atoms with van der Waals surface area (Å²) < 4.78 is 1.51. The van der Waals surface area contributed by atoms with Crippen LogP contribution in [-0.2, 0) is 11.3 Å². The quantitative estimate of drug-likeness (QED) is 0.380. The average Bonchev–Trinajstić information content (AvgIpc) is 2.65. The topological polar surface area (TPSA) is 64.0 Å². The van der Waals surface area contributed by atoms with E-state index in [0.717, 1.165) is 5.69 Å². The molecule has 1 amide bonds. The van der Waals surface area contributed by atoms with E-state index in [-0.39, 0.29) is 11.5 Å². The molecule has 0 aliphatic carbocycles. The number of allylic oxidation sites excluding steroid dienone is 1. The maximum Gasteiger partial charge on any atom is 0.262 e. The van der Waals surface area contributed by atoms with E-state index in [1.165, 1.54) is 16.3 Å². The molecule has 3 rings (SSSR count). The highest BCUT2D eigenvalue weighted by molar-refractivity contribution is 8.00. The second-order valence-corrected chi connectivity index (χ2v) is 7.62. The van der Waals surface area contributed by atoms with Crippen LogP contribution in [0.15, 0.2) is 71.1 Å². The predicted octanol–water partition coefficient (Wildman–Crippen LogP) is 4.36. The summed E-state index contributed by atoms with van der Waals surface area (Å²) in [6.07, 6.45) is 1.63. The molecule has 0 saturated carbocycles. The third-order valence-corrected chi connectivity index (χ3v) is 5.21. The number of benzene rings is 2. The fourth-order valence-corrected chi connectivity index (χ4v) is 3.62. The lowest BCUT2D eigenvalue weighted by Gasteiger charge is -2.15. The SMILES string of the molecule is C=CCn1c(S[C@H](C)C(=O)Nc2ccccc2)nc2cc(Cl)ccc2c1=O. The fraction of sp³-hybridized carbons (Fsp3) is 0.150. The Hall–Kier alpha value is -2.57. The number of halogens is 1. The third kappa shape index (κ3) is 4.40. The molecule has 0 fully saturated rings. The molecule has 2 aromatic carbocycles. The maximum atomic E-state index is 12.8. The number of amides is 1. The van der Waals surface area contributed by atoms with Gasteiger partial charge in [0.2, 0.25) is 5.91 Å². The van der Waals surface area contributed by atoms with Crippen LogP contribution in [0.25, 0.3) is 10.9 Å². The van der Waals surface area contributed by atoms with Crippen LogP contribution in [0.3, 0.4) is 0 Å². The molecule has 0 aliphatic rings. The lowest BCUT2D eigenvalue weighted by Crippen LogP contribution is -2.26. The molecule has 27 heavy (non-hydrogen) atoms. The Morgan fingerprint density at radius 2 is 2.07 bits per heavy atom. The number of rotatable bonds is 6. The van der Waals surface area contributed by atoms with E-state index in [4.69, 9.17) is 11.6 Å². The van der Waals surface area contributed by atoms with E-state index in [0.29, 0.717) is 27.6 Å². The molecule has 0 spiro atoms. The van der Waals surface area contributed by atoms with Gasteiger partial charge in [-0.1, -0.05) is 47.6 Å². The van der Waals surface area contributed by atoms with E-state index < -0.39 is 5.25 Å². The van der Waals surface area contributed by atoms with E-state index >= 15 is 0 Å². The minimum Gasteiger partial charge on any atom is -0.325 e. The van der Waals surface area contributed by atoms with Crippen molar-refractivity contribution in [2.75, 3.05) is 5.32 Å². The molecular weight excluding hydrogens is 382 g/mol. The van der Waals surface area contributed by atoms with Crippen LogP contribution in [0.4, 0.5) is 5.69 Å². The Balaban J connectivity index is 1.92. The molecule has 138 valence electrons. The molecule has 1 atom stereocenters. The largest absolute Gasteiger partial charge is 0.325 e. The summed E-state index contributed by atoms with van der Waals surface area (Å²) in [5.41, 5.74) is 1.04. The van der Waals surface area contributed by atoms with Crippen molar-refractivity contribution in [3.63, 3.8) is 0 Å². The molecule has 3 aromatic rings. The average molecular weight is 400 g/mol. The van der Waals surface area contributed by atoms with Crippen molar-refractivity contribution in [3.05, 3.63) is 76.6 Å². The summed E-state index contributed by atoms with van der Waals surface area (Å²) in [4.78, 5) is 29.9. The summed E-state index contributed by atoms with van der Waals surface area (Å²) >= 11 is 7.26. The number of carbonyl (C=O) groups is 1. The third-order valence-electron chi connectivity index (χ3n) is 3.89. The van der Waals surface area contributed by atoms with Gasteiger partial charge in [0.1, 0.15) is 0 Å². The number of nitrogens with zero attached hydrogens (tertiary/aromatic N) is 2. The van der Waals surface area contributed by atoms with E-state index in [1.807, 2.05) is 30.3 Å². The summed E-state index contributed by atoms with van der Waals surface area (Å²) in [5.74, 6) is -0.170. The highest BCUT2D eigenvalue weighted by Gasteiger charge is 2.19. The van der Waals surface area contributed by atoms with Crippen LogP contribution in [-0.4, -0.2) is 20.7 Å². The van der Waals surface area contributed by atoms with Crippen LogP contribution < -0.4 is 10.9 Å². The first-order valence-corrected chi connectivity index (χ1v) is 9.59. The Morgan fingerprint density at radius 1 is 1.33 bits per heavy atom. The molecule has 0 bridgehead atoms. The number of fused-ring (bicyclic) bond motifs is 1. The van der Waals surface area contributed by atoms with Crippen molar-refractivity contribution >= 4 is 45.9 Å². The number of thioether (sulfide) groups is 1. The van der Waals surface area contributed by atoms with Gasteiger partial charge in [0.05, 0.1) is 16.2 Å². The Bertz CT molecular complexity index is 1050. The number of hydrogen-bond acceptors (Lipinski definition) is 4. The maximum absolute atomic E-state index is 12.8. The van der Waals surface area contributed by atoms with Crippen LogP contribution in [0.1, 0.15) is 6.92 Å². The minimum absolute atomic E-state index is 0.170. The molecular formula is C20H18ClN3O2S. The van der Waals surface area contributed by atoms with E-state index in [9.17, 15) is 9.59 Å². The molecule has 0 saturated heterocycles. The van der Waals surface area contributed by atoms with Crippen molar-refractivity contribution in [3.8, 4) is 0 Å². The van der Waals surface area contributed by atoms with Gasteiger partial charge in [-0.15, -0.1) is 6.58 Å². The Morgan fingerprint density at radius 3 is 2.78 bits per heavy atom. The highest BCUT2D eigenvalue weighted by Crippen LogP contribution is 2.24. The molecule has 0 aliphatic heterocycles. The van der Waals surface area contributed by atoms with Gasteiger partial charge in [-0.05, 0) is 37.3 Å². The molecule has 1 heterocycles. The second kappa shape index (κ2) is 8.41. The normalized spacial score (nSPS) is 11.9. The van der Waals surface area contributed by atoms with Crippen molar-refractivity contribution in [2.45, 2.75) is 23.9 Å². The van der Waals surface area contributed by atoms with Gasteiger partial charge in [-0.25, -0.2) is 4.98 Å². The number of anilines is 1.